The summed E-state index contributed by atoms with van der Waals surface area (Å²) in [6, 6.07) is 6.62. The van der Waals surface area contributed by atoms with Gasteiger partial charge in [-0.05, 0) is 75.6 Å². The van der Waals surface area contributed by atoms with Crippen molar-refractivity contribution in [1.82, 2.24) is 0 Å². The van der Waals surface area contributed by atoms with Crippen molar-refractivity contribution in [3.05, 3.63) is 35.4 Å². The van der Waals surface area contributed by atoms with E-state index in [9.17, 15) is 9.59 Å². The summed E-state index contributed by atoms with van der Waals surface area (Å²) in [6.07, 6.45) is 10.9. The van der Waals surface area contributed by atoms with Crippen molar-refractivity contribution in [3.8, 4) is 0 Å². The molecule has 25 heavy (non-hydrogen) atoms. The summed E-state index contributed by atoms with van der Waals surface area (Å²) in [7, 11) is 0. The fraction of sp³-hybridized carbons (Fsp3) is 0.600. The molecule has 0 atom stereocenters. The average Bonchev–Trinajstić information content (AvgIpc) is 2.63. The van der Waals surface area contributed by atoms with E-state index in [1.807, 2.05) is 0 Å². The third kappa shape index (κ3) is 6.47. The third-order valence-electron chi connectivity index (χ3n) is 5.01. The van der Waals surface area contributed by atoms with Gasteiger partial charge in [0, 0.05) is 0 Å². The van der Waals surface area contributed by atoms with Gasteiger partial charge in [0.05, 0.1) is 11.1 Å². The number of benzene rings is 1. The Morgan fingerprint density at radius 1 is 0.680 bits per heavy atom. The second-order valence-corrected chi connectivity index (χ2v) is 6.91. The molecule has 3 rings (SSSR count). The van der Waals surface area contributed by atoms with E-state index in [2.05, 4.69) is 0 Å². The van der Waals surface area contributed by atoms with Gasteiger partial charge in [-0.15, -0.1) is 0 Å². The van der Waals surface area contributed by atoms with Crippen LogP contribution in [0.25, 0.3) is 0 Å². The largest absolute Gasteiger partial charge is 1.00 e. The first-order chi connectivity index (χ1) is 11.7. The molecular weight excluding hydrogens is 343 g/mol. The van der Waals surface area contributed by atoms with E-state index in [1.165, 1.54) is 12.8 Å². The third-order valence-corrected chi connectivity index (χ3v) is 5.01. The Labute approximate surface area is 193 Å². The van der Waals surface area contributed by atoms with E-state index in [0.717, 1.165) is 51.4 Å². The zero-order valence-electron chi connectivity index (χ0n) is 16.2. The molecule has 132 valence electrons. The molecule has 0 saturated heterocycles. The summed E-state index contributed by atoms with van der Waals surface area (Å²) < 4.78 is 11.1. The smallest absolute Gasteiger partial charge is 1.00 e. The van der Waals surface area contributed by atoms with Gasteiger partial charge < -0.3 is 10.9 Å². The number of esters is 2. The SMILES string of the molecule is O=C(OC1CCCCC1)c1ccc(C(=O)OC2CCCCC2)cc1.[H-].[K+]. The van der Waals surface area contributed by atoms with E-state index < -0.39 is 0 Å². The molecule has 5 heteroatoms. The maximum Gasteiger partial charge on any atom is 1.00 e. The Kier molecular flexibility index (Phi) is 9.14. The van der Waals surface area contributed by atoms with Crippen molar-refractivity contribution < 1.29 is 71.9 Å². The van der Waals surface area contributed by atoms with Crippen LogP contribution in [0, 0.1) is 0 Å². The minimum absolute atomic E-state index is 0. The average molecular weight is 371 g/mol. The first-order valence-corrected chi connectivity index (χ1v) is 9.24. The molecule has 2 fully saturated rings. The van der Waals surface area contributed by atoms with E-state index in [1.54, 1.807) is 24.3 Å². The fourth-order valence-electron chi connectivity index (χ4n) is 3.55. The zero-order valence-corrected chi connectivity index (χ0v) is 18.3. The van der Waals surface area contributed by atoms with Crippen LogP contribution >= 0.6 is 0 Å². The molecular formula is C20H27KO4. The topological polar surface area (TPSA) is 52.6 Å². The van der Waals surface area contributed by atoms with Crippen LogP contribution in [0.4, 0.5) is 0 Å². The maximum absolute atomic E-state index is 12.2. The summed E-state index contributed by atoms with van der Waals surface area (Å²) >= 11 is 0. The van der Waals surface area contributed by atoms with Crippen LogP contribution in [0.1, 0.15) is 86.4 Å². The number of rotatable bonds is 4. The van der Waals surface area contributed by atoms with Crippen molar-refractivity contribution in [2.75, 3.05) is 0 Å². The molecule has 0 aliphatic heterocycles. The summed E-state index contributed by atoms with van der Waals surface area (Å²) in [5, 5.41) is 0. The van der Waals surface area contributed by atoms with Gasteiger partial charge in [-0.25, -0.2) is 9.59 Å². The predicted octanol–water partition coefficient (Wildman–Crippen LogP) is 1.78. The Hall–Kier alpha value is -0.204. The quantitative estimate of drug-likeness (QED) is 0.599. The standard InChI is InChI=1S/C20H26O4.K.H/c21-19(23-17-7-3-1-4-8-17)15-11-13-16(14-12-15)20(22)24-18-9-5-2-6-10-18;;/h11-14,17-18H,1-10H2;;/q;+1;-1. The molecule has 0 unspecified atom stereocenters. The Morgan fingerprint density at radius 3 is 1.32 bits per heavy atom. The van der Waals surface area contributed by atoms with Gasteiger partial charge in [-0.1, -0.05) is 12.8 Å². The van der Waals surface area contributed by atoms with Gasteiger partial charge in [0.25, 0.3) is 0 Å². The molecule has 0 amide bonds. The molecule has 0 spiro atoms. The molecule has 1 aromatic carbocycles. The number of hydrogen-bond acceptors (Lipinski definition) is 4. The molecule has 0 N–H and O–H groups in total. The minimum atomic E-state index is -0.297. The van der Waals surface area contributed by atoms with Gasteiger partial charge in [0.1, 0.15) is 12.2 Å². The molecule has 0 aromatic heterocycles. The molecule has 2 saturated carbocycles. The zero-order chi connectivity index (χ0) is 16.8. The van der Waals surface area contributed by atoms with Crippen LogP contribution in [-0.2, 0) is 9.47 Å². The monoisotopic (exact) mass is 370 g/mol. The summed E-state index contributed by atoms with van der Waals surface area (Å²) in [4.78, 5) is 24.3. The molecule has 1 aromatic rings. The van der Waals surface area contributed by atoms with Crippen LogP contribution < -0.4 is 51.4 Å². The van der Waals surface area contributed by atoms with Gasteiger partial charge in [0.2, 0.25) is 0 Å². The van der Waals surface area contributed by atoms with Crippen LogP contribution in [0.15, 0.2) is 24.3 Å². The van der Waals surface area contributed by atoms with Crippen LogP contribution in [0.2, 0.25) is 0 Å². The van der Waals surface area contributed by atoms with Gasteiger partial charge >= 0.3 is 63.3 Å². The Balaban J connectivity index is 0.00000169. The van der Waals surface area contributed by atoms with Crippen molar-refractivity contribution >= 4 is 11.9 Å². The number of hydrogen-bond donors (Lipinski definition) is 0. The normalized spacial score (nSPS) is 18.9. The summed E-state index contributed by atoms with van der Waals surface area (Å²) in [5.74, 6) is -0.594. The van der Waals surface area contributed by atoms with Crippen LogP contribution in [-0.4, -0.2) is 24.1 Å². The predicted molar refractivity (Wildman–Crippen MR) is 92.1 cm³/mol. The van der Waals surface area contributed by atoms with Gasteiger partial charge in [-0.2, -0.15) is 0 Å². The first-order valence-electron chi connectivity index (χ1n) is 9.24. The van der Waals surface area contributed by atoms with Crippen molar-refractivity contribution in [2.24, 2.45) is 0 Å². The minimum Gasteiger partial charge on any atom is -1.00 e. The van der Waals surface area contributed by atoms with E-state index >= 15 is 0 Å². The summed E-state index contributed by atoms with van der Waals surface area (Å²) in [6.45, 7) is 0. The van der Waals surface area contributed by atoms with Gasteiger partial charge in [0.15, 0.2) is 0 Å². The van der Waals surface area contributed by atoms with Gasteiger partial charge in [-0.3, -0.25) is 0 Å². The molecule has 0 radical (unpaired) electrons. The van der Waals surface area contributed by atoms with Crippen molar-refractivity contribution in [2.45, 2.75) is 76.4 Å². The molecule has 0 heterocycles. The van der Waals surface area contributed by atoms with Crippen LogP contribution in [0.5, 0.6) is 0 Å². The van der Waals surface area contributed by atoms with Crippen LogP contribution in [0.3, 0.4) is 0 Å². The second-order valence-electron chi connectivity index (χ2n) is 6.91. The Bertz CT molecular complexity index is 513. The Morgan fingerprint density at radius 2 is 1.00 bits per heavy atom. The first kappa shape index (κ1) is 21.1. The fourth-order valence-corrected chi connectivity index (χ4v) is 3.55. The van der Waals surface area contributed by atoms with E-state index in [0.29, 0.717) is 11.1 Å². The second kappa shape index (κ2) is 10.8. The summed E-state index contributed by atoms with van der Waals surface area (Å²) in [5.41, 5.74) is 0.990. The molecule has 2 aliphatic carbocycles. The van der Waals surface area contributed by atoms with E-state index in [-0.39, 0.29) is 77.0 Å². The van der Waals surface area contributed by atoms with Crippen molar-refractivity contribution in [3.63, 3.8) is 0 Å². The molecule has 4 nitrogen and oxygen atoms in total. The molecule has 2 aliphatic rings. The maximum atomic E-state index is 12.2. The van der Waals surface area contributed by atoms with Crippen molar-refractivity contribution in [1.29, 1.82) is 0 Å². The number of ether oxygens (including phenoxy) is 2. The number of carbonyl (C=O) groups excluding carboxylic acids is 2. The molecule has 0 bridgehead atoms. The number of carbonyl (C=O) groups is 2. The van der Waals surface area contributed by atoms with E-state index in [4.69, 9.17) is 9.47 Å².